The zero-order valence-corrected chi connectivity index (χ0v) is 13.5. The molecule has 0 bridgehead atoms. The quantitative estimate of drug-likeness (QED) is 0.937. The van der Waals surface area contributed by atoms with Crippen molar-refractivity contribution in [3.8, 4) is 0 Å². The Hall–Kier alpha value is -2.37. The number of hydrogen-bond donors (Lipinski definition) is 1. The maximum atomic E-state index is 12.9. The van der Waals surface area contributed by atoms with Gasteiger partial charge in [0.2, 0.25) is 5.91 Å². The number of carboxylic acid groups (broad SMARTS) is 1. The minimum atomic E-state index is -0.882. The number of carbonyl (C=O) groups is 2. The van der Waals surface area contributed by atoms with Crippen molar-refractivity contribution in [3.05, 3.63) is 36.3 Å². The first kappa shape index (κ1) is 15.2. The number of amides is 1. The number of carboxylic acids is 1. The molecule has 24 heavy (non-hydrogen) atoms. The molecule has 2 aliphatic rings. The molecule has 1 N–H and O–H groups in total. The molecule has 1 saturated carbocycles. The van der Waals surface area contributed by atoms with Gasteiger partial charge in [-0.25, -0.2) is 9.78 Å². The van der Waals surface area contributed by atoms with Gasteiger partial charge in [-0.3, -0.25) is 4.79 Å². The number of rotatable bonds is 3. The van der Waals surface area contributed by atoms with E-state index < -0.39 is 12.0 Å². The van der Waals surface area contributed by atoms with Gasteiger partial charge in [0, 0.05) is 18.4 Å². The van der Waals surface area contributed by atoms with Crippen LogP contribution in [0.1, 0.15) is 37.8 Å². The highest BCUT2D eigenvalue weighted by atomic mass is 16.4. The number of aromatic nitrogens is 2. The number of aliphatic carboxylic acids is 1. The third-order valence-corrected chi connectivity index (χ3v) is 5.41. The molecule has 0 radical (unpaired) electrons. The van der Waals surface area contributed by atoms with Gasteiger partial charge in [-0.05, 0) is 37.3 Å². The number of likely N-dealkylation sites (tertiary alicyclic amines) is 1. The SMILES string of the molecule is O=C(O)[C@@H]1C[C@H]2CCCC[C@H]2N1C(=O)Cc1cn2ccccc2n1. The second-order valence-electron chi connectivity index (χ2n) is 6.88. The molecule has 1 saturated heterocycles. The average Bonchev–Trinajstić information content (AvgIpc) is 3.15. The normalized spacial score (nSPS) is 26.5. The third-order valence-electron chi connectivity index (χ3n) is 5.41. The summed E-state index contributed by atoms with van der Waals surface area (Å²) in [6, 6.07) is 5.11. The molecule has 126 valence electrons. The second-order valence-corrected chi connectivity index (χ2v) is 6.88. The highest BCUT2D eigenvalue weighted by Gasteiger charge is 2.47. The van der Waals surface area contributed by atoms with Gasteiger partial charge in [-0.1, -0.05) is 18.9 Å². The van der Waals surface area contributed by atoms with E-state index in [0.29, 0.717) is 18.0 Å². The van der Waals surface area contributed by atoms with E-state index in [-0.39, 0.29) is 18.4 Å². The van der Waals surface area contributed by atoms with Crippen molar-refractivity contribution in [2.75, 3.05) is 0 Å². The number of nitrogens with zero attached hydrogens (tertiary/aromatic N) is 3. The lowest BCUT2D eigenvalue weighted by Crippen LogP contribution is -2.46. The zero-order chi connectivity index (χ0) is 16.7. The summed E-state index contributed by atoms with van der Waals surface area (Å²) in [7, 11) is 0. The molecule has 6 nitrogen and oxygen atoms in total. The van der Waals surface area contributed by atoms with Crippen molar-refractivity contribution >= 4 is 17.5 Å². The summed E-state index contributed by atoms with van der Waals surface area (Å²) in [6.07, 6.45) is 8.66. The number of hydrogen-bond acceptors (Lipinski definition) is 3. The lowest BCUT2D eigenvalue weighted by atomic mass is 9.84. The van der Waals surface area contributed by atoms with Crippen molar-refractivity contribution in [2.45, 2.75) is 50.6 Å². The fraction of sp³-hybridized carbons (Fsp3) is 0.500. The molecule has 2 aromatic heterocycles. The molecule has 1 aliphatic heterocycles. The van der Waals surface area contributed by atoms with E-state index in [0.717, 1.165) is 31.3 Å². The van der Waals surface area contributed by atoms with Crippen LogP contribution in [0, 0.1) is 5.92 Å². The van der Waals surface area contributed by atoms with Crippen LogP contribution in [0.5, 0.6) is 0 Å². The predicted molar refractivity (Wildman–Crippen MR) is 87.5 cm³/mol. The van der Waals surface area contributed by atoms with Gasteiger partial charge in [-0.2, -0.15) is 0 Å². The summed E-state index contributed by atoms with van der Waals surface area (Å²) in [4.78, 5) is 30.6. The molecule has 2 aromatic rings. The average molecular weight is 327 g/mol. The standard InChI is InChI=1S/C18H21N3O3/c22-17(10-13-11-20-8-4-3-7-16(20)19-13)21-14-6-2-1-5-12(14)9-15(21)18(23)24/h3-4,7-8,11-12,14-15H,1-2,5-6,9-10H2,(H,23,24)/t12-,14-,15+/m1/s1. The summed E-state index contributed by atoms with van der Waals surface area (Å²) < 4.78 is 1.88. The van der Waals surface area contributed by atoms with Crippen LogP contribution in [0.15, 0.2) is 30.6 Å². The molecular formula is C18H21N3O3. The summed E-state index contributed by atoms with van der Waals surface area (Å²) >= 11 is 0. The molecular weight excluding hydrogens is 306 g/mol. The summed E-state index contributed by atoms with van der Waals surface area (Å²) in [5, 5.41) is 9.55. The Morgan fingerprint density at radius 2 is 2.08 bits per heavy atom. The van der Waals surface area contributed by atoms with Crippen LogP contribution in [-0.2, 0) is 16.0 Å². The van der Waals surface area contributed by atoms with Crippen LogP contribution in [0.3, 0.4) is 0 Å². The number of imidazole rings is 1. The van der Waals surface area contributed by atoms with Crippen LogP contribution in [0.25, 0.3) is 5.65 Å². The van der Waals surface area contributed by atoms with Gasteiger partial charge in [0.25, 0.3) is 0 Å². The lowest BCUT2D eigenvalue weighted by molar-refractivity contribution is -0.149. The maximum Gasteiger partial charge on any atom is 0.326 e. The van der Waals surface area contributed by atoms with Crippen LogP contribution in [0.4, 0.5) is 0 Å². The van der Waals surface area contributed by atoms with Gasteiger partial charge in [-0.15, -0.1) is 0 Å². The van der Waals surface area contributed by atoms with E-state index in [4.69, 9.17) is 0 Å². The molecule has 1 amide bonds. The van der Waals surface area contributed by atoms with Gasteiger partial charge in [0.15, 0.2) is 0 Å². The van der Waals surface area contributed by atoms with Crippen molar-refractivity contribution in [1.82, 2.24) is 14.3 Å². The Bertz CT molecular complexity index is 752. The summed E-state index contributed by atoms with van der Waals surface area (Å²) in [5.74, 6) is -0.655. The van der Waals surface area contributed by atoms with E-state index >= 15 is 0 Å². The lowest BCUT2D eigenvalue weighted by Gasteiger charge is -2.32. The van der Waals surface area contributed by atoms with Crippen LogP contribution in [0.2, 0.25) is 0 Å². The van der Waals surface area contributed by atoms with Gasteiger partial charge in [0.1, 0.15) is 11.7 Å². The second kappa shape index (κ2) is 5.92. The molecule has 6 heteroatoms. The van der Waals surface area contributed by atoms with Crippen LogP contribution >= 0.6 is 0 Å². The molecule has 1 aliphatic carbocycles. The molecule has 0 aromatic carbocycles. The zero-order valence-electron chi connectivity index (χ0n) is 13.5. The molecule has 0 unspecified atom stereocenters. The highest BCUT2D eigenvalue weighted by Crippen LogP contribution is 2.40. The minimum Gasteiger partial charge on any atom is -0.480 e. The fourth-order valence-electron chi connectivity index (χ4n) is 4.36. The summed E-state index contributed by atoms with van der Waals surface area (Å²) in [6.45, 7) is 0. The first-order valence-electron chi connectivity index (χ1n) is 8.60. The minimum absolute atomic E-state index is 0.0874. The Labute approximate surface area is 140 Å². The van der Waals surface area contributed by atoms with Crippen molar-refractivity contribution < 1.29 is 14.7 Å². The Morgan fingerprint density at radius 3 is 2.88 bits per heavy atom. The van der Waals surface area contributed by atoms with Gasteiger partial charge in [0.05, 0.1) is 12.1 Å². The van der Waals surface area contributed by atoms with E-state index in [1.54, 1.807) is 4.90 Å². The number of pyridine rings is 1. The van der Waals surface area contributed by atoms with E-state index in [1.165, 1.54) is 0 Å². The highest BCUT2D eigenvalue weighted by molar-refractivity contribution is 5.86. The molecule has 4 rings (SSSR count). The number of fused-ring (bicyclic) bond motifs is 2. The number of carbonyl (C=O) groups excluding carboxylic acids is 1. The maximum absolute atomic E-state index is 12.9. The molecule has 0 spiro atoms. The van der Waals surface area contributed by atoms with E-state index in [1.807, 2.05) is 35.0 Å². The largest absolute Gasteiger partial charge is 0.480 e. The molecule has 3 atom stereocenters. The fourth-order valence-corrected chi connectivity index (χ4v) is 4.36. The Morgan fingerprint density at radius 1 is 1.25 bits per heavy atom. The monoisotopic (exact) mass is 327 g/mol. The topological polar surface area (TPSA) is 74.9 Å². The Kier molecular flexibility index (Phi) is 3.75. The Balaban J connectivity index is 1.58. The first-order valence-corrected chi connectivity index (χ1v) is 8.60. The van der Waals surface area contributed by atoms with Crippen molar-refractivity contribution in [3.63, 3.8) is 0 Å². The third kappa shape index (κ3) is 2.56. The molecule has 3 heterocycles. The summed E-state index contributed by atoms with van der Waals surface area (Å²) in [5.41, 5.74) is 1.49. The van der Waals surface area contributed by atoms with Crippen molar-refractivity contribution in [1.29, 1.82) is 0 Å². The van der Waals surface area contributed by atoms with Crippen molar-refractivity contribution in [2.24, 2.45) is 5.92 Å². The molecule has 2 fully saturated rings. The smallest absolute Gasteiger partial charge is 0.326 e. The van der Waals surface area contributed by atoms with Gasteiger partial charge < -0.3 is 14.4 Å². The van der Waals surface area contributed by atoms with E-state index in [2.05, 4.69) is 4.98 Å². The van der Waals surface area contributed by atoms with Crippen LogP contribution in [-0.4, -0.2) is 43.4 Å². The van der Waals surface area contributed by atoms with Crippen LogP contribution < -0.4 is 0 Å². The van der Waals surface area contributed by atoms with Gasteiger partial charge >= 0.3 is 5.97 Å². The van der Waals surface area contributed by atoms with E-state index in [9.17, 15) is 14.7 Å². The first-order chi connectivity index (χ1) is 11.6. The predicted octanol–water partition coefficient (Wildman–Crippen LogP) is 2.12.